The summed E-state index contributed by atoms with van der Waals surface area (Å²) in [4.78, 5) is 23.1. The molecule has 0 bridgehead atoms. The molecule has 0 amide bonds. The molecule has 104 valence electrons. The van der Waals surface area contributed by atoms with Gasteiger partial charge in [-0.1, -0.05) is 12.1 Å². The molecule has 1 aromatic heterocycles. The van der Waals surface area contributed by atoms with E-state index in [1.807, 2.05) is 0 Å². The molecule has 1 heterocycles. The summed E-state index contributed by atoms with van der Waals surface area (Å²) in [5.74, 6) is -3.24. The number of hydrogen-bond donors (Lipinski definition) is 1. The fraction of sp³-hybridized carbons (Fsp3) is 0.154. The second-order valence-electron chi connectivity index (χ2n) is 3.85. The minimum atomic E-state index is -1.30. The highest BCUT2D eigenvalue weighted by Gasteiger charge is 2.24. The molecule has 0 radical (unpaired) electrons. The van der Waals surface area contributed by atoms with E-state index in [1.54, 1.807) is 6.92 Å². The molecule has 0 aliphatic carbocycles. The number of carboxylic acid groups (broad SMARTS) is 1. The van der Waals surface area contributed by atoms with Crippen molar-refractivity contribution in [1.29, 1.82) is 0 Å². The Kier molecular flexibility index (Phi) is 3.79. The third-order valence-electron chi connectivity index (χ3n) is 2.60. The lowest BCUT2D eigenvalue weighted by atomic mass is 10.2. The maximum atomic E-state index is 13.4. The number of carbonyl (C=O) groups excluding carboxylic acids is 1. The van der Waals surface area contributed by atoms with Crippen LogP contribution in [0.25, 0.3) is 0 Å². The standard InChI is InChI=1S/C13H11FN2O4/c1-2-16-11(8(7-15-16)12(17)18)13(19)20-10-6-4-3-5-9(10)14/h3-7H,2H2,1H3,(H,17,18). The van der Waals surface area contributed by atoms with E-state index >= 15 is 0 Å². The maximum Gasteiger partial charge on any atom is 0.363 e. The van der Waals surface area contributed by atoms with Gasteiger partial charge in [0.15, 0.2) is 17.3 Å². The molecule has 2 rings (SSSR count). The summed E-state index contributed by atoms with van der Waals surface area (Å²) in [6.45, 7) is 1.98. The van der Waals surface area contributed by atoms with Gasteiger partial charge in [-0.05, 0) is 19.1 Å². The Hall–Kier alpha value is -2.70. The molecular formula is C13H11FN2O4. The van der Waals surface area contributed by atoms with Crippen molar-refractivity contribution < 1.29 is 23.8 Å². The van der Waals surface area contributed by atoms with E-state index in [4.69, 9.17) is 9.84 Å². The number of esters is 1. The molecule has 7 heteroatoms. The SMILES string of the molecule is CCn1ncc(C(=O)O)c1C(=O)Oc1ccccc1F. The van der Waals surface area contributed by atoms with Gasteiger partial charge in [0.1, 0.15) is 5.56 Å². The Labute approximate surface area is 113 Å². The minimum Gasteiger partial charge on any atom is -0.478 e. The Morgan fingerprint density at radius 1 is 1.40 bits per heavy atom. The summed E-state index contributed by atoms with van der Waals surface area (Å²) < 4.78 is 19.5. The van der Waals surface area contributed by atoms with Gasteiger partial charge in [0.2, 0.25) is 0 Å². The number of halogens is 1. The Morgan fingerprint density at radius 2 is 2.10 bits per heavy atom. The first kappa shape index (κ1) is 13.7. The van der Waals surface area contributed by atoms with Gasteiger partial charge < -0.3 is 9.84 Å². The second kappa shape index (κ2) is 5.52. The number of ether oxygens (including phenoxy) is 1. The third kappa shape index (κ3) is 2.51. The van der Waals surface area contributed by atoms with Crippen LogP contribution >= 0.6 is 0 Å². The smallest absolute Gasteiger partial charge is 0.363 e. The van der Waals surface area contributed by atoms with E-state index in [0.29, 0.717) is 0 Å². The molecule has 1 N–H and O–H groups in total. The number of aromatic carboxylic acids is 1. The van der Waals surface area contributed by atoms with Crippen LogP contribution in [-0.2, 0) is 6.54 Å². The molecule has 0 unspecified atom stereocenters. The highest BCUT2D eigenvalue weighted by Crippen LogP contribution is 2.18. The molecule has 0 fully saturated rings. The van der Waals surface area contributed by atoms with Crippen molar-refractivity contribution in [2.45, 2.75) is 13.5 Å². The number of aromatic nitrogens is 2. The maximum absolute atomic E-state index is 13.4. The number of carboxylic acids is 1. The second-order valence-corrected chi connectivity index (χ2v) is 3.85. The molecule has 0 saturated carbocycles. The van der Waals surface area contributed by atoms with E-state index in [1.165, 1.54) is 22.9 Å². The van der Waals surface area contributed by atoms with Crippen molar-refractivity contribution >= 4 is 11.9 Å². The number of rotatable bonds is 4. The third-order valence-corrected chi connectivity index (χ3v) is 2.60. The van der Waals surface area contributed by atoms with Gasteiger partial charge in [-0.3, -0.25) is 4.68 Å². The van der Waals surface area contributed by atoms with Gasteiger partial charge in [0.25, 0.3) is 0 Å². The van der Waals surface area contributed by atoms with Crippen molar-refractivity contribution in [3.63, 3.8) is 0 Å². The molecule has 0 aliphatic heterocycles. The average molecular weight is 278 g/mol. The minimum absolute atomic E-state index is 0.219. The molecule has 20 heavy (non-hydrogen) atoms. The van der Waals surface area contributed by atoms with Crippen LogP contribution < -0.4 is 4.74 Å². The normalized spacial score (nSPS) is 10.3. The van der Waals surface area contributed by atoms with Crippen molar-refractivity contribution in [3.8, 4) is 5.75 Å². The summed E-state index contributed by atoms with van der Waals surface area (Å²) in [5.41, 5.74) is -0.503. The molecule has 0 atom stereocenters. The van der Waals surface area contributed by atoms with E-state index < -0.39 is 17.8 Å². The zero-order valence-electron chi connectivity index (χ0n) is 10.5. The summed E-state index contributed by atoms with van der Waals surface area (Å²) >= 11 is 0. The van der Waals surface area contributed by atoms with E-state index in [0.717, 1.165) is 12.3 Å². The predicted molar refractivity (Wildman–Crippen MR) is 66.2 cm³/mol. The summed E-state index contributed by atoms with van der Waals surface area (Å²) in [6, 6.07) is 5.37. The monoisotopic (exact) mass is 278 g/mol. The van der Waals surface area contributed by atoms with Crippen LogP contribution in [0, 0.1) is 5.82 Å². The topological polar surface area (TPSA) is 81.4 Å². The van der Waals surface area contributed by atoms with Crippen molar-refractivity contribution in [2.24, 2.45) is 0 Å². The quantitative estimate of drug-likeness (QED) is 0.683. The summed E-state index contributed by atoms with van der Waals surface area (Å²) in [5, 5.41) is 12.8. The number of hydrogen-bond acceptors (Lipinski definition) is 4. The molecule has 0 aliphatic rings. The zero-order valence-corrected chi connectivity index (χ0v) is 10.5. The zero-order chi connectivity index (χ0) is 14.7. The van der Waals surface area contributed by atoms with Crippen LogP contribution in [0.5, 0.6) is 5.75 Å². The number of para-hydroxylation sites is 1. The molecule has 0 spiro atoms. The highest BCUT2D eigenvalue weighted by molar-refractivity contribution is 6.01. The molecule has 1 aromatic carbocycles. The van der Waals surface area contributed by atoms with Crippen molar-refractivity contribution in [2.75, 3.05) is 0 Å². The van der Waals surface area contributed by atoms with Crippen LogP contribution in [0.4, 0.5) is 4.39 Å². The molecule has 6 nitrogen and oxygen atoms in total. The molecular weight excluding hydrogens is 267 g/mol. The lowest BCUT2D eigenvalue weighted by molar-refractivity contribution is 0.0660. The fourth-order valence-corrected chi connectivity index (χ4v) is 1.67. The van der Waals surface area contributed by atoms with Gasteiger partial charge in [0, 0.05) is 6.54 Å². The number of carbonyl (C=O) groups is 2. The molecule has 2 aromatic rings. The largest absolute Gasteiger partial charge is 0.478 e. The van der Waals surface area contributed by atoms with Crippen LogP contribution in [0.3, 0.4) is 0 Å². The average Bonchev–Trinajstić information content (AvgIpc) is 2.85. The summed E-state index contributed by atoms with van der Waals surface area (Å²) in [6.07, 6.45) is 1.06. The Balaban J connectivity index is 2.36. The van der Waals surface area contributed by atoms with Crippen LogP contribution in [0.1, 0.15) is 27.8 Å². The Bertz CT molecular complexity index is 666. The fourth-order valence-electron chi connectivity index (χ4n) is 1.67. The van der Waals surface area contributed by atoms with Gasteiger partial charge >= 0.3 is 11.9 Å². The number of aryl methyl sites for hydroxylation is 1. The lowest BCUT2D eigenvalue weighted by Gasteiger charge is -2.07. The van der Waals surface area contributed by atoms with Crippen molar-refractivity contribution in [3.05, 3.63) is 47.5 Å². The van der Waals surface area contributed by atoms with E-state index in [2.05, 4.69) is 5.10 Å². The van der Waals surface area contributed by atoms with E-state index in [9.17, 15) is 14.0 Å². The summed E-state index contributed by atoms with van der Waals surface area (Å²) in [7, 11) is 0. The van der Waals surface area contributed by atoms with E-state index in [-0.39, 0.29) is 23.6 Å². The van der Waals surface area contributed by atoms with Crippen LogP contribution in [0.2, 0.25) is 0 Å². The first-order valence-corrected chi connectivity index (χ1v) is 5.80. The molecule has 0 saturated heterocycles. The van der Waals surface area contributed by atoms with Crippen molar-refractivity contribution in [1.82, 2.24) is 9.78 Å². The number of nitrogens with zero attached hydrogens (tertiary/aromatic N) is 2. The highest BCUT2D eigenvalue weighted by atomic mass is 19.1. The Morgan fingerprint density at radius 3 is 2.70 bits per heavy atom. The van der Waals surface area contributed by atoms with Crippen LogP contribution in [0.15, 0.2) is 30.5 Å². The van der Waals surface area contributed by atoms with Crippen LogP contribution in [-0.4, -0.2) is 26.8 Å². The lowest BCUT2D eigenvalue weighted by Crippen LogP contribution is -2.18. The first-order chi connectivity index (χ1) is 9.54. The van der Waals surface area contributed by atoms with Gasteiger partial charge in [-0.25, -0.2) is 14.0 Å². The van der Waals surface area contributed by atoms with Gasteiger partial charge in [-0.2, -0.15) is 5.10 Å². The van der Waals surface area contributed by atoms with Gasteiger partial charge in [-0.15, -0.1) is 0 Å². The number of benzene rings is 1. The predicted octanol–water partition coefficient (Wildman–Crippen LogP) is 1.96. The first-order valence-electron chi connectivity index (χ1n) is 5.80. The van der Waals surface area contributed by atoms with Gasteiger partial charge in [0.05, 0.1) is 6.20 Å².